The van der Waals surface area contributed by atoms with Crippen molar-refractivity contribution in [3.8, 4) is 0 Å². The molecule has 0 heterocycles. The summed E-state index contributed by atoms with van der Waals surface area (Å²) in [5, 5.41) is 13.8. The summed E-state index contributed by atoms with van der Waals surface area (Å²) >= 11 is 17.6. The number of hydrogen-bond donors (Lipinski definition) is 2. The average Bonchev–Trinajstić information content (AvgIpc) is 2.29. The molecule has 1 atom stereocenters. The highest BCUT2D eigenvalue weighted by atomic mass is 35.5. The SMILES string of the molecule is CCOCC(O)CNc1cc(Cl)c(Cl)cc1Cl. The summed E-state index contributed by atoms with van der Waals surface area (Å²) in [6.07, 6.45) is -0.597. The van der Waals surface area contributed by atoms with Gasteiger partial charge in [0.05, 0.1) is 33.5 Å². The zero-order chi connectivity index (χ0) is 12.8. The molecular formula is C11H14Cl3NO2. The van der Waals surface area contributed by atoms with E-state index in [0.717, 1.165) is 0 Å². The Kier molecular flexibility index (Phi) is 6.38. The van der Waals surface area contributed by atoms with Gasteiger partial charge in [-0.1, -0.05) is 34.8 Å². The minimum Gasteiger partial charge on any atom is -0.389 e. The quantitative estimate of drug-likeness (QED) is 0.790. The fraction of sp³-hybridized carbons (Fsp3) is 0.455. The Labute approximate surface area is 116 Å². The van der Waals surface area contributed by atoms with Crippen LogP contribution in [-0.4, -0.2) is 31.0 Å². The predicted molar refractivity (Wildman–Crippen MR) is 72.5 cm³/mol. The Balaban J connectivity index is 2.54. The van der Waals surface area contributed by atoms with Crippen molar-refractivity contribution in [2.24, 2.45) is 0 Å². The Morgan fingerprint density at radius 3 is 2.53 bits per heavy atom. The summed E-state index contributed by atoms with van der Waals surface area (Å²) in [6.45, 7) is 3.06. The van der Waals surface area contributed by atoms with Gasteiger partial charge >= 0.3 is 0 Å². The monoisotopic (exact) mass is 297 g/mol. The molecule has 0 aliphatic heterocycles. The first-order valence-electron chi connectivity index (χ1n) is 5.18. The lowest BCUT2D eigenvalue weighted by Crippen LogP contribution is -2.24. The van der Waals surface area contributed by atoms with E-state index in [0.29, 0.717) is 33.9 Å². The highest BCUT2D eigenvalue weighted by Gasteiger charge is 2.08. The van der Waals surface area contributed by atoms with Crippen LogP contribution in [0, 0.1) is 0 Å². The smallest absolute Gasteiger partial charge is 0.0945 e. The molecule has 0 aliphatic carbocycles. The van der Waals surface area contributed by atoms with Gasteiger partial charge in [-0.05, 0) is 19.1 Å². The molecule has 0 spiro atoms. The molecule has 96 valence electrons. The van der Waals surface area contributed by atoms with Crippen LogP contribution in [0.15, 0.2) is 12.1 Å². The summed E-state index contributed by atoms with van der Waals surface area (Å²) < 4.78 is 5.09. The van der Waals surface area contributed by atoms with E-state index < -0.39 is 6.10 Å². The van der Waals surface area contributed by atoms with Gasteiger partial charge < -0.3 is 15.2 Å². The molecule has 1 aromatic carbocycles. The zero-order valence-electron chi connectivity index (χ0n) is 9.34. The number of halogens is 3. The third kappa shape index (κ3) is 4.90. The number of benzene rings is 1. The molecule has 0 aromatic heterocycles. The number of nitrogens with one attached hydrogen (secondary N) is 1. The molecule has 17 heavy (non-hydrogen) atoms. The third-order valence-corrected chi connectivity index (χ3v) is 3.09. The highest BCUT2D eigenvalue weighted by Crippen LogP contribution is 2.32. The number of aliphatic hydroxyl groups excluding tert-OH is 1. The lowest BCUT2D eigenvalue weighted by atomic mass is 10.3. The largest absolute Gasteiger partial charge is 0.389 e. The van der Waals surface area contributed by atoms with E-state index in [-0.39, 0.29) is 6.61 Å². The Hall–Kier alpha value is -0.190. The van der Waals surface area contributed by atoms with Crippen molar-refractivity contribution in [2.75, 3.05) is 25.1 Å². The van der Waals surface area contributed by atoms with Crippen LogP contribution >= 0.6 is 34.8 Å². The van der Waals surface area contributed by atoms with Crippen LogP contribution in [0.4, 0.5) is 5.69 Å². The molecule has 0 aliphatic rings. The zero-order valence-corrected chi connectivity index (χ0v) is 11.6. The summed E-state index contributed by atoms with van der Waals surface area (Å²) in [7, 11) is 0. The summed E-state index contributed by atoms with van der Waals surface area (Å²) in [4.78, 5) is 0. The second kappa shape index (κ2) is 7.29. The molecule has 0 radical (unpaired) electrons. The third-order valence-electron chi connectivity index (χ3n) is 2.05. The molecular weight excluding hydrogens is 284 g/mol. The standard InChI is InChI=1S/C11H14Cl3NO2/c1-2-17-6-7(16)5-15-11-4-9(13)8(12)3-10(11)14/h3-4,7,15-16H,2,5-6H2,1H3. The fourth-order valence-electron chi connectivity index (χ4n) is 1.20. The molecule has 0 bridgehead atoms. The van der Waals surface area contributed by atoms with E-state index in [9.17, 15) is 5.11 Å². The molecule has 1 unspecified atom stereocenters. The van der Waals surface area contributed by atoms with Gasteiger partial charge in [-0.15, -0.1) is 0 Å². The van der Waals surface area contributed by atoms with Crippen molar-refractivity contribution in [3.05, 3.63) is 27.2 Å². The molecule has 6 heteroatoms. The number of hydrogen-bond acceptors (Lipinski definition) is 3. The average molecular weight is 299 g/mol. The topological polar surface area (TPSA) is 41.5 Å². The van der Waals surface area contributed by atoms with E-state index in [4.69, 9.17) is 39.5 Å². The van der Waals surface area contributed by atoms with Crippen molar-refractivity contribution in [2.45, 2.75) is 13.0 Å². The first-order valence-corrected chi connectivity index (χ1v) is 6.32. The minimum absolute atomic E-state index is 0.280. The van der Waals surface area contributed by atoms with Crippen molar-refractivity contribution in [3.63, 3.8) is 0 Å². The maximum absolute atomic E-state index is 9.57. The van der Waals surface area contributed by atoms with E-state index >= 15 is 0 Å². The predicted octanol–water partition coefficient (Wildman–Crippen LogP) is 3.46. The van der Waals surface area contributed by atoms with Gasteiger partial charge in [0, 0.05) is 13.2 Å². The lowest BCUT2D eigenvalue weighted by Gasteiger charge is -2.14. The van der Waals surface area contributed by atoms with Crippen LogP contribution in [0.5, 0.6) is 0 Å². The van der Waals surface area contributed by atoms with Gasteiger partial charge in [-0.2, -0.15) is 0 Å². The van der Waals surface area contributed by atoms with E-state index in [2.05, 4.69) is 5.32 Å². The Morgan fingerprint density at radius 2 is 1.88 bits per heavy atom. The maximum atomic E-state index is 9.57. The van der Waals surface area contributed by atoms with Crippen LogP contribution in [0.3, 0.4) is 0 Å². The Morgan fingerprint density at radius 1 is 1.24 bits per heavy atom. The molecule has 0 saturated heterocycles. The summed E-state index contributed by atoms with van der Waals surface area (Å²) in [5.41, 5.74) is 0.636. The van der Waals surface area contributed by atoms with E-state index in [1.54, 1.807) is 12.1 Å². The second-order valence-corrected chi connectivity index (χ2v) is 4.66. The van der Waals surface area contributed by atoms with Crippen LogP contribution in [0.25, 0.3) is 0 Å². The minimum atomic E-state index is -0.597. The van der Waals surface area contributed by atoms with Crippen molar-refractivity contribution >= 4 is 40.5 Å². The molecule has 0 fully saturated rings. The Bertz CT molecular complexity index is 374. The lowest BCUT2D eigenvalue weighted by molar-refractivity contribution is 0.0496. The summed E-state index contributed by atoms with van der Waals surface area (Å²) in [6, 6.07) is 3.18. The van der Waals surface area contributed by atoms with Gasteiger partial charge in [0.15, 0.2) is 0 Å². The van der Waals surface area contributed by atoms with Crippen LogP contribution < -0.4 is 5.32 Å². The van der Waals surface area contributed by atoms with Crippen molar-refractivity contribution in [1.29, 1.82) is 0 Å². The molecule has 1 aromatic rings. The van der Waals surface area contributed by atoms with Crippen molar-refractivity contribution < 1.29 is 9.84 Å². The number of anilines is 1. The maximum Gasteiger partial charge on any atom is 0.0945 e. The first kappa shape index (κ1) is 14.9. The van der Waals surface area contributed by atoms with Crippen LogP contribution in [-0.2, 0) is 4.74 Å². The van der Waals surface area contributed by atoms with Crippen molar-refractivity contribution in [1.82, 2.24) is 0 Å². The number of ether oxygens (including phenoxy) is 1. The molecule has 1 rings (SSSR count). The second-order valence-electron chi connectivity index (χ2n) is 3.44. The number of aliphatic hydroxyl groups is 1. The van der Waals surface area contributed by atoms with Gasteiger partial charge in [0.2, 0.25) is 0 Å². The van der Waals surface area contributed by atoms with Gasteiger partial charge in [-0.25, -0.2) is 0 Å². The highest BCUT2D eigenvalue weighted by molar-refractivity contribution is 6.44. The van der Waals surface area contributed by atoms with Crippen LogP contribution in [0.2, 0.25) is 15.1 Å². The molecule has 2 N–H and O–H groups in total. The van der Waals surface area contributed by atoms with Gasteiger partial charge in [0.1, 0.15) is 0 Å². The van der Waals surface area contributed by atoms with E-state index in [1.807, 2.05) is 6.92 Å². The van der Waals surface area contributed by atoms with Gasteiger partial charge in [-0.3, -0.25) is 0 Å². The molecule has 0 saturated carbocycles. The summed E-state index contributed by atoms with van der Waals surface area (Å²) in [5.74, 6) is 0. The molecule has 3 nitrogen and oxygen atoms in total. The molecule has 0 amide bonds. The van der Waals surface area contributed by atoms with E-state index in [1.165, 1.54) is 0 Å². The first-order chi connectivity index (χ1) is 8.04. The fourth-order valence-corrected chi connectivity index (χ4v) is 1.81. The number of rotatable bonds is 6. The normalized spacial score (nSPS) is 12.5. The van der Waals surface area contributed by atoms with Crippen LogP contribution in [0.1, 0.15) is 6.92 Å². The van der Waals surface area contributed by atoms with Gasteiger partial charge in [0.25, 0.3) is 0 Å².